The molecule has 0 atom stereocenters. The molecular weight excluding hydrogens is 344 g/mol. The number of nitrogens with zero attached hydrogens (tertiary/aromatic N) is 1. The maximum atomic E-state index is 12.0. The van der Waals surface area contributed by atoms with Gasteiger partial charge >= 0.3 is 0 Å². The number of anilines is 1. The Bertz CT molecular complexity index is 742. The van der Waals surface area contributed by atoms with Crippen molar-refractivity contribution >= 4 is 37.4 Å². The molecule has 1 N–H and O–H groups in total. The van der Waals surface area contributed by atoms with E-state index in [1.807, 2.05) is 0 Å². The summed E-state index contributed by atoms with van der Waals surface area (Å²) in [5.41, 5.74) is 0.981. The van der Waals surface area contributed by atoms with E-state index in [4.69, 9.17) is 0 Å². The Morgan fingerprint density at radius 3 is 2.40 bits per heavy atom. The molecule has 0 saturated heterocycles. The first-order chi connectivity index (χ1) is 9.36. The van der Waals surface area contributed by atoms with E-state index >= 15 is 0 Å². The lowest BCUT2D eigenvalue weighted by Gasteiger charge is -2.06. The molecule has 7 heteroatoms. The van der Waals surface area contributed by atoms with Crippen LogP contribution in [0.3, 0.4) is 0 Å². The summed E-state index contributed by atoms with van der Waals surface area (Å²) in [6.07, 6.45) is 2.65. The Hall–Kier alpha value is -1.73. The zero-order valence-electron chi connectivity index (χ0n) is 10.5. The number of halogens is 1. The molecule has 1 heterocycles. The van der Waals surface area contributed by atoms with Crippen LogP contribution in [-0.4, -0.2) is 25.6 Å². The van der Waals surface area contributed by atoms with Crippen LogP contribution >= 0.6 is 15.9 Å². The molecule has 0 aliphatic rings. The van der Waals surface area contributed by atoms with Gasteiger partial charge in [0.05, 0.1) is 4.90 Å². The minimum absolute atomic E-state index is 0.210. The van der Waals surface area contributed by atoms with E-state index in [1.54, 1.807) is 24.3 Å². The van der Waals surface area contributed by atoms with E-state index in [0.717, 1.165) is 6.26 Å². The Morgan fingerprint density at radius 2 is 1.85 bits per heavy atom. The molecule has 0 aliphatic carbocycles. The van der Waals surface area contributed by atoms with Gasteiger partial charge in [-0.3, -0.25) is 4.79 Å². The number of carbonyl (C=O) groups is 1. The molecule has 0 unspecified atom stereocenters. The minimum atomic E-state index is -3.23. The van der Waals surface area contributed by atoms with Crippen molar-refractivity contribution < 1.29 is 13.2 Å². The second-order valence-corrected chi connectivity index (χ2v) is 6.95. The summed E-state index contributed by atoms with van der Waals surface area (Å²) in [5.74, 6) is -0.291. The van der Waals surface area contributed by atoms with Gasteiger partial charge in [-0.2, -0.15) is 0 Å². The molecule has 1 aromatic heterocycles. The second kappa shape index (κ2) is 5.72. The zero-order valence-corrected chi connectivity index (χ0v) is 12.9. The number of benzene rings is 1. The Labute approximate surface area is 125 Å². The van der Waals surface area contributed by atoms with Crippen LogP contribution in [0.2, 0.25) is 0 Å². The standard InChI is InChI=1S/C13H11BrN2O3S/c1-20(18,19)11-4-2-10(3-5-11)16-13(17)9-6-7-15-12(14)8-9/h2-8H,1H3,(H,16,17). The van der Waals surface area contributed by atoms with Crippen LogP contribution in [0.4, 0.5) is 5.69 Å². The van der Waals surface area contributed by atoms with Gasteiger partial charge in [0.25, 0.3) is 5.91 Å². The Kier molecular flexibility index (Phi) is 4.20. The maximum absolute atomic E-state index is 12.0. The van der Waals surface area contributed by atoms with Crippen molar-refractivity contribution in [2.75, 3.05) is 11.6 Å². The molecule has 0 aliphatic heterocycles. The van der Waals surface area contributed by atoms with Gasteiger partial charge in [0.2, 0.25) is 0 Å². The summed E-state index contributed by atoms with van der Waals surface area (Å²) >= 11 is 3.19. The fourth-order valence-corrected chi connectivity index (χ4v) is 2.53. The Balaban J connectivity index is 2.16. The third kappa shape index (κ3) is 3.64. The van der Waals surface area contributed by atoms with Crippen molar-refractivity contribution in [1.82, 2.24) is 4.98 Å². The van der Waals surface area contributed by atoms with E-state index in [2.05, 4.69) is 26.2 Å². The first-order valence-electron chi connectivity index (χ1n) is 5.59. The average molecular weight is 355 g/mol. The molecule has 0 saturated carbocycles. The van der Waals surface area contributed by atoms with Crippen LogP contribution in [0.15, 0.2) is 52.1 Å². The molecule has 1 amide bonds. The van der Waals surface area contributed by atoms with Gasteiger partial charge in [0.15, 0.2) is 9.84 Å². The van der Waals surface area contributed by atoms with E-state index in [1.165, 1.54) is 18.3 Å². The number of pyridine rings is 1. The predicted octanol–water partition coefficient (Wildman–Crippen LogP) is 2.50. The summed E-state index contributed by atoms with van der Waals surface area (Å²) in [6, 6.07) is 9.18. The molecule has 2 aromatic rings. The smallest absolute Gasteiger partial charge is 0.255 e. The van der Waals surface area contributed by atoms with Crippen LogP contribution in [0, 0.1) is 0 Å². The van der Waals surface area contributed by atoms with Gasteiger partial charge < -0.3 is 5.32 Å². The molecule has 0 fully saturated rings. The first-order valence-corrected chi connectivity index (χ1v) is 8.28. The van der Waals surface area contributed by atoms with Gasteiger partial charge in [-0.05, 0) is 52.3 Å². The van der Waals surface area contributed by atoms with Crippen LogP contribution < -0.4 is 5.32 Å². The number of hydrogen-bond acceptors (Lipinski definition) is 4. The van der Waals surface area contributed by atoms with Crippen LogP contribution in [0.5, 0.6) is 0 Å². The summed E-state index contributed by atoms with van der Waals surface area (Å²) in [6.45, 7) is 0. The average Bonchev–Trinajstić information content (AvgIpc) is 2.38. The molecule has 104 valence electrons. The fraction of sp³-hybridized carbons (Fsp3) is 0.0769. The van der Waals surface area contributed by atoms with Gasteiger partial charge in [-0.1, -0.05) is 0 Å². The highest BCUT2D eigenvalue weighted by molar-refractivity contribution is 9.10. The molecule has 20 heavy (non-hydrogen) atoms. The van der Waals surface area contributed by atoms with E-state index in [0.29, 0.717) is 15.9 Å². The largest absolute Gasteiger partial charge is 0.322 e. The number of carbonyl (C=O) groups excluding carboxylic acids is 1. The topological polar surface area (TPSA) is 76.1 Å². The third-order valence-corrected chi connectivity index (χ3v) is 4.09. The Morgan fingerprint density at radius 1 is 1.20 bits per heavy atom. The first kappa shape index (κ1) is 14.7. The quantitative estimate of drug-likeness (QED) is 0.859. The molecule has 0 spiro atoms. The number of nitrogens with one attached hydrogen (secondary N) is 1. The number of hydrogen-bond donors (Lipinski definition) is 1. The van der Waals surface area contributed by atoms with Crippen molar-refractivity contribution in [2.24, 2.45) is 0 Å². The van der Waals surface area contributed by atoms with E-state index in [9.17, 15) is 13.2 Å². The summed E-state index contributed by atoms with van der Waals surface area (Å²) in [5, 5.41) is 2.68. The van der Waals surface area contributed by atoms with Crippen molar-refractivity contribution in [3.63, 3.8) is 0 Å². The zero-order chi connectivity index (χ0) is 14.8. The highest BCUT2D eigenvalue weighted by atomic mass is 79.9. The minimum Gasteiger partial charge on any atom is -0.322 e. The summed E-state index contributed by atoms with van der Waals surface area (Å²) in [4.78, 5) is 16.1. The number of sulfone groups is 1. The summed E-state index contributed by atoms with van der Waals surface area (Å²) in [7, 11) is -3.23. The van der Waals surface area contributed by atoms with Gasteiger partial charge in [0, 0.05) is 23.7 Å². The van der Waals surface area contributed by atoms with Crippen molar-refractivity contribution in [2.45, 2.75) is 4.90 Å². The highest BCUT2D eigenvalue weighted by Crippen LogP contribution is 2.15. The third-order valence-electron chi connectivity index (χ3n) is 2.53. The lowest BCUT2D eigenvalue weighted by Crippen LogP contribution is -2.12. The van der Waals surface area contributed by atoms with Crippen LogP contribution in [-0.2, 0) is 9.84 Å². The number of aromatic nitrogens is 1. The molecular formula is C13H11BrN2O3S. The highest BCUT2D eigenvalue weighted by Gasteiger charge is 2.09. The maximum Gasteiger partial charge on any atom is 0.255 e. The lowest BCUT2D eigenvalue weighted by atomic mass is 10.2. The van der Waals surface area contributed by atoms with Crippen LogP contribution in [0.1, 0.15) is 10.4 Å². The molecule has 0 bridgehead atoms. The molecule has 5 nitrogen and oxygen atoms in total. The number of rotatable bonds is 3. The normalized spacial score (nSPS) is 11.1. The van der Waals surface area contributed by atoms with Gasteiger partial charge in [0.1, 0.15) is 4.60 Å². The van der Waals surface area contributed by atoms with E-state index < -0.39 is 9.84 Å². The monoisotopic (exact) mass is 354 g/mol. The SMILES string of the molecule is CS(=O)(=O)c1ccc(NC(=O)c2ccnc(Br)c2)cc1. The number of amides is 1. The predicted molar refractivity (Wildman–Crippen MR) is 79.4 cm³/mol. The van der Waals surface area contributed by atoms with E-state index in [-0.39, 0.29) is 10.8 Å². The van der Waals surface area contributed by atoms with Crippen molar-refractivity contribution in [3.05, 3.63) is 52.8 Å². The van der Waals surface area contributed by atoms with Crippen molar-refractivity contribution in [3.8, 4) is 0 Å². The lowest BCUT2D eigenvalue weighted by molar-refractivity contribution is 0.102. The van der Waals surface area contributed by atoms with Gasteiger partial charge in [-0.25, -0.2) is 13.4 Å². The second-order valence-electron chi connectivity index (χ2n) is 4.12. The molecule has 1 aromatic carbocycles. The van der Waals surface area contributed by atoms with Crippen LogP contribution in [0.25, 0.3) is 0 Å². The van der Waals surface area contributed by atoms with Crippen molar-refractivity contribution in [1.29, 1.82) is 0 Å². The summed E-state index contributed by atoms with van der Waals surface area (Å²) < 4.78 is 23.2. The molecule has 2 rings (SSSR count). The fourth-order valence-electron chi connectivity index (χ4n) is 1.53. The molecule has 0 radical (unpaired) electrons. The van der Waals surface area contributed by atoms with Gasteiger partial charge in [-0.15, -0.1) is 0 Å².